The first-order valence-electron chi connectivity index (χ1n) is 15.2. The first-order valence-corrected chi connectivity index (χ1v) is 15.2. The number of hydrogen-bond acceptors (Lipinski definition) is 10. The van der Waals surface area contributed by atoms with E-state index < -0.39 is 23.2 Å². The summed E-state index contributed by atoms with van der Waals surface area (Å²) in [6.45, 7) is 3.18. The lowest BCUT2D eigenvalue weighted by molar-refractivity contribution is 0.0287. The van der Waals surface area contributed by atoms with Gasteiger partial charge in [0, 0.05) is 36.1 Å². The molecule has 0 fully saturated rings. The second kappa shape index (κ2) is 13.4. The van der Waals surface area contributed by atoms with Crippen molar-refractivity contribution < 1.29 is 44.9 Å². The number of hydrogen-bond donors (Lipinski definition) is 7. The third-order valence-corrected chi connectivity index (χ3v) is 8.49. The number of benzene rings is 3. The van der Waals surface area contributed by atoms with Crippen molar-refractivity contribution in [3.63, 3.8) is 0 Å². The Kier molecular flexibility index (Phi) is 9.57. The quantitative estimate of drug-likeness (QED) is 0.124. The summed E-state index contributed by atoms with van der Waals surface area (Å²) in [5.41, 5.74) is 1.69. The number of rotatable bonds is 11. The van der Waals surface area contributed by atoms with Crippen LogP contribution in [0.5, 0.6) is 28.7 Å². The first kappa shape index (κ1) is 32.2. The summed E-state index contributed by atoms with van der Waals surface area (Å²) in [5, 5.41) is 72.8. The summed E-state index contributed by atoms with van der Waals surface area (Å²) in [5.74, 6) is -1.69. The van der Waals surface area contributed by atoms with E-state index in [1.165, 1.54) is 6.07 Å². The average Bonchev–Trinajstić information content (AvgIpc) is 3.00. The lowest BCUT2D eigenvalue weighted by Gasteiger charge is -2.36. The van der Waals surface area contributed by atoms with E-state index in [-0.39, 0.29) is 77.8 Å². The summed E-state index contributed by atoms with van der Waals surface area (Å²) >= 11 is 0. The van der Waals surface area contributed by atoms with Crippen LogP contribution < -0.4 is 10.2 Å². The maximum atomic E-state index is 13.9. The molecule has 240 valence electrons. The Balaban J connectivity index is 1.69. The van der Waals surface area contributed by atoms with E-state index in [9.17, 15) is 40.5 Å². The van der Waals surface area contributed by atoms with Gasteiger partial charge in [0.2, 0.25) is 11.2 Å². The SMILES string of the molecule is CC(C)Cc1cc(-c2oc3cc(O)c4c(c3c(=O)c2O)OC(C(CO)CO)CC4CCCO)cc(Cc2cccc(O)c2)c1O. The Hall–Kier alpha value is -4.25. The number of aliphatic hydroxyl groups is 3. The number of fused-ring (bicyclic) bond motifs is 3. The number of aliphatic hydroxyl groups excluding tert-OH is 3. The van der Waals surface area contributed by atoms with Gasteiger partial charge in [0.15, 0.2) is 5.76 Å². The van der Waals surface area contributed by atoms with Crippen molar-refractivity contribution >= 4 is 11.0 Å². The molecule has 1 aliphatic heterocycles. The minimum atomic E-state index is -0.790. The van der Waals surface area contributed by atoms with Gasteiger partial charge < -0.3 is 44.9 Å². The molecule has 2 atom stereocenters. The van der Waals surface area contributed by atoms with E-state index in [1.807, 2.05) is 19.9 Å². The minimum absolute atomic E-state index is 0.0162. The van der Waals surface area contributed by atoms with Crippen molar-refractivity contribution in [1.29, 1.82) is 0 Å². The lowest BCUT2D eigenvalue weighted by Crippen LogP contribution is -2.37. The molecule has 7 N–H and O–H groups in total. The third kappa shape index (κ3) is 6.45. The molecule has 4 aromatic rings. The van der Waals surface area contributed by atoms with Gasteiger partial charge in [0.25, 0.3) is 0 Å². The van der Waals surface area contributed by atoms with E-state index in [0.29, 0.717) is 47.9 Å². The van der Waals surface area contributed by atoms with Crippen LogP contribution in [0.1, 0.15) is 61.3 Å². The highest BCUT2D eigenvalue weighted by Crippen LogP contribution is 2.49. The smallest absolute Gasteiger partial charge is 0.238 e. The monoisotopic (exact) mass is 620 g/mol. The van der Waals surface area contributed by atoms with Crippen LogP contribution in [-0.2, 0) is 12.8 Å². The zero-order chi connectivity index (χ0) is 32.4. The van der Waals surface area contributed by atoms with Crippen molar-refractivity contribution in [2.24, 2.45) is 11.8 Å². The van der Waals surface area contributed by atoms with Gasteiger partial charge in [0.05, 0.1) is 13.2 Å². The largest absolute Gasteiger partial charge is 0.508 e. The van der Waals surface area contributed by atoms with Crippen LogP contribution in [0.2, 0.25) is 0 Å². The molecule has 0 radical (unpaired) electrons. The van der Waals surface area contributed by atoms with Gasteiger partial charge in [0.1, 0.15) is 40.1 Å². The molecule has 10 heteroatoms. The van der Waals surface area contributed by atoms with E-state index in [4.69, 9.17) is 9.15 Å². The Morgan fingerprint density at radius 1 is 0.933 bits per heavy atom. The zero-order valence-electron chi connectivity index (χ0n) is 25.4. The predicted octanol–water partition coefficient (Wildman–Crippen LogP) is 4.68. The molecule has 3 aromatic carbocycles. The highest BCUT2D eigenvalue weighted by Gasteiger charge is 2.37. The number of phenols is 3. The molecule has 2 unspecified atom stereocenters. The maximum Gasteiger partial charge on any atom is 0.238 e. The summed E-state index contributed by atoms with van der Waals surface area (Å²) < 4.78 is 12.3. The molecule has 0 aliphatic carbocycles. The fourth-order valence-electron chi connectivity index (χ4n) is 6.31. The molecule has 1 aromatic heterocycles. The fraction of sp³-hybridized carbons (Fsp3) is 0.400. The van der Waals surface area contributed by atoms with Gasteiger partial charge >= 0.3 is 0 Å². The molecule has 45 heavy (non-hydrogen) atoms. The van der Waals surface area contributed by atoms with Crippen molar-refractivity contribution in [2.45, 2.75) is 58.0 Å². The standard InChI is InChI=1S/C35H40O10/c1-18(2)9-21-12-23(13-22(31(21)41)10-19-5-3-7-25(39)11-19)34-33(43)32(42)30-28(45-34)15-26(40)29-20(6-4-8-36)14-27(44-35(29)30)24(16-37)17-38/h3,5,7,11-13,15,18,20,24,27,36-41,43H,4,6,8-10,14,16-17H2,1-2H3. The molecule has 0 saturated heterocycles. The topological polar surface area (TPSA) is 181 Å². The molecular weight excluding hydrogens is 580 g/mol. The zero-order valence-corrected chi connectivity index (χ0v) is 25.4. The lowest BCUT2D eigenvalue weighted by atomic mass is 9.81. The van der Waals surface area contributed by atoms with E-state index in [2.05, 4.69) is 0 Å². The second-order valence-electron chi connectivity index (χ2n) is 12.3. The molecule has 10 nitrogen and oxygen atoms in total. The van der Waals surface area contributed by atoms with Gasteiger partial charge in [-0.25, -0.2) is 0 Å². The van der Waals surface area contributed by atoms with Crippen LogP contribution >= 0.6 is 0 Å². The van der Waals surface area contributed by atoms with Crippen molar-refractivity contribution in [2.75, 3.05) is 19.8 Å². The minimum Gasteiger partial charge on any atom is -0.508 e. The summed E-state index contributed by atoms with van der Waals surface area (Å²) in [6, 6.07) is 11.2. The Labute approximate surface area is 260 Å². The number of ether oxygens (including phenoxy) is 1. The Bertz CT molecular complexity index is 1740. The van der Waals surface area contributed by atoms with Crippen LogP contribution in [0.25, 0.3) is 22.3 Å². The van der Waals surface area contributed by atoms with Gasteiger partial charge in [-0.15, -0.1) is 0 Å². The number of phenolic OH excluding ortho intramolecular Hbond substituents is 3. The predicted molar refractivity (Wildman–Crippen MR) is 168 cm³/mol. The van der Waals surface area contributed by atoms with E-state index in [1.54, 1.807) is 30.3 Å². The van der Waals surface area contributed by atoms with E-state index in [0.717, 1.165) is 5.56 Å². The molecule has 0 spiro atoms. The van der Waals surface area contributed by atoms with E-state index >= 15 is 0 Å². The maximum absolute atomic E-state index is 13.9. The van der Waals surface area contributed by atoms with Crippen LogP contribution in [0, 0.1) is 11.8 Å². The Morgan fingerprint density at radius 2 is 1.67 bits per heavy atom. The molecular formula is C35H40O10. The Morgan fingerprint density at radius 3 is 2.33 bits per heavy atom. The summed E-state index contributed by atoms with van der Waals surface area (Å²) in [4.78, 5) is 13.9. The van der Waals surface area contributed by atoms with Crippen LogP contribution in [0.4, 0.5) is 0 Å². The summed E-state index contributed by atoms with van der Waals surface area (Å²) in [6.07, 6.45) is 1.27. The average molecular weight is 621 g/mol. The summed E-state index contributed by atoms with van der Waals surface area (Å²) in [7, 11) is 0. The molecule has 0 bridgehead atoms. The second-order valence-corrected chi connectivity index (χ2v) is 12.3. The molecule has 0 saturated carbocycles. The van der Waals surface area contributed by atoms with Crippen LogP contribution in [-0.4, -0.2) is 61.7 Å². The van der Waals surface area contributed by atoms with Crippen LogP contribution in [0.3, 0.4) is 0 Å². The molecule has 2 heterocycles. The fourth-order valence-corrected chi connectivity index (χ4v) is 6.31. The van der Waals surface area contributed by atoms with Crippen LogP contribution in [0.15, 0.2) is 51.7 Å². The third-order valence-electron chi connectivity index (χ3n) is 8.49. The van der Waals surface area contributed by atoms with Crippen molar-refractivity contribution in [3.8, 4) is 40.1 Å². The van der Waals surface area contributed by atoms with Gasteiger partial charge in [-0.2, -0.15) is 0 Å². The first-order chi connectivity index (χ1) is 21.6. The highest BCUT2D eigenvalue weighted by atomic mass is 16.5. The highest BCUT2D eigenvalue weighted by molar-refractivity contribution is 5.91. The molecule has 1 aliphatic rings. The van der Waals surface area contributed by atoms with Gasteiger partial charge in [-0.05, 0) is 78.5 Å². The van der Waals surface area contributed by atoms with Gasteiger partial charge in [-0.1, -0.05) is 26.0 Å². The molecule has 0 amide bonds. The number of aromatic hydroxyl groups is 4. The molecule has 5 rings (SSSR count). The van der Waals surface area contributed by atoms with Crippen molar-refractivity contribution in [3.05, 3.63) is 74.9 Å². The van der Waals surface area contributed by atoms with Gasteiger partial charge in [-0.3, -0.25) is 4.79 Å². The normalized spacial score (nSPS) is 16.3. The van der Waals surface area contributed by atoms with Crippen molar-refractivity contribution in [1.82, 2.24) is 0 Å².